The molecule has 0 radical (unpaired) electrons. The fourth-order valence-corrected chi connectivity index (χ4v) is 2.55. The maximum Gasteiger partial charge on any atom is 0.274 e. The van der Waals surface area contributed by atoms with E-state index in [1.54, 1.807) is 17.7 Å². The fraction of sp³-hybridized carbons (Fsp3) is 0.400. The lowest BCUT2D eigenvalue weighted by Gasteiger charge is -2.17. The Kier molecular flexibility index (Phi) is 3.97. The van der Waals surface area contributed by atoms with Gasteiger partial charge in [-0.05, 0) is 39.3 Å². The van der Waals surface area contributed by atoms with Crippen molar-refractivity contribution in [2.45, 2.75) is 33.7 Å². The normalized spacial score (nSPS) is 12.2. The number of anilines is 1. The largest absolute Gasteiger partial charge is 0.378 e. The summed E-state index contributed by atoms with van der Waals surface area (Å²) in [6, 6.07) is 3.47. The first-order valence-electron chi connectivity index (χ1n) is 6.82. The van der Waals surface area contributed by atoms with Crippen molar-refractivity contribution in [3.63, 3.8) is 0 Å². The Labute approximate surface area is 123 Å². The van der Waals surface area contributed by atoms with E-state index < -0.39 is 0 Å². The van der Waals surface area contributed by atoms with Gasteiger partial charge in [-0.15, -0.1) is 0 Å². The molecule has 0 aliphatic rings. The topological polar surface area (TPSA) is 73.0 Å². The van der Waals surface area contributed by atoms with Crippen molar-refractivity contribution in [2.24, 2.45) is 7.05 Å². The molecule has 0 aliphatic heterocycles. The molecule has 0 bridgehead atoms. The molecule has 0 spiro atoms. The van der Waals surface area contributed by atoms with E-state index in [-0.39, 0.29) is 16.7 Å². The van der Waals surface area contributed by atoms with E-state index in [2.05, 4.69) is 10.4 Å². The number of nitrogens with one attached hydrogen (secondary N) is 1. The van der Waals surface area contributed by atoms with Crippen LogP contribution in [0.25, 0.3) is 0 Å². The molecule has 1 unspecified atom stereocenters. The van der Waals surface area contributed by atoms with Gasteiger partial charge in [0.25, 0.3) is 5.69 Å². The van der Waals surface area contributed by atoms with Gasteiger partial charge in [-0.1, -0.05) is 0 Å². The molecule has 2 rings (SSSR count). The van der Waals surface area contributed by atoms with Crippen molar-refractivity contribution < 1.29 is 4.92 Å². The van der Waals surface area contributed by atoms with Gasteiger partial charge < -0.3 is 5.32 Å². The minimum Gasteiger partial charge on any atom is -0.378 e. The number of benzene rings is 1. The van der Waals surface area contributed by atoms with E-state index in [1.807, 2.05) is 40.1 Å². The molecular formula is C15H20N4O2. The van der Waals surface area contributed by atoms with Gasteiger partial charge in [0.2, 0.25) is 0 Å². The second-order valence-electron chi connectivity index (χ2n) is 5.42. The summed E-state index contributed by atoms with van der Waals surface area (Å²) in [6.07, 6.45) is 1.96. The van der Waals surface area contributed by atoms with Crippen molar-refractivity contribution >= 4 is 11.4 Å². The van der Waals surface area contributed by atoms with Crippen LogP contribution in [0.2, 0.25) is 0 Å². The van der Waals surface area contributed by atoms with Crippen LogP contribution in [0.5, 0.6) is 0 Å². The van der Waals surface area contributed by atoms with Crippen molar-refractivity contribution in [1.29, 1.82) is 0 Å². The van der Waals surface area contributed by atoms with Gasteiger partial charge in [-0.2, -0.15) is 5.10 Å². The zero-order valence-electron chi connectivity index (χ0n) is 13.0. The standard InChI is InChI=1S/C15H20N4O2/c1-9-6-10(2)15(19(20)21)7-14(9)16-11(3)13-8-18(5)17-12(13)4/h6-8,11,16H,1-5H3. The molecule has 0 aliphatic carbocycles. The third-order valence-electron chi connectivity index (χ3n) is 3.63. The van der Waals surface area contributed by atoms with Gasteiger partial charge in [-0.3, -0.25) is 14.8 Å². The number of rotatable bonds is 4. The van der Waals surface area contributed by atoms with Gasteiger partial charge in [0.05, 0.1) is 16.7 Å². The summed E-state index contributed by atoms with van der Waals surface area (Å²) in [4.78, 5) is 10.7. The van der Waals surface area contributed by atoms with Gasteiger partial charge in [0.1, 0.15) is 0 Å². The van der Waals surface area contributed by atoms with Gasteiger partial charge in [0.15, 0.2) is 0 Å². The lowest BCUT2D eigenvalue weighted by Crippen LogP contribution is -2.09. The Morgan fingerprint density at radius 2 is 1.95 bits per heavy atom. The Bertz CT molecular complexity index is 691. The monoisotopic (exact) mass is 288 g/mol. The smallest absolute Gasteiger partial charge is 0.274 e. The summed E-state index contributed by atoms with van der Waals surface area (Å²) in [7, 11) is 1.88. The molecule has 21 heavy (non-hydrogen) atoms. The molecular weight excluding hydrogens is 268 g/mol. The summed E-state index contributed by atoms with van der Waals surface area (Å²) < 4.78 is 1.77. The quantitative estimate of drug-likeness (QED) is 0.691. The van der Waals surface area contributed by atoms with E-state index in [0.29, 0.717) is 5.56 Å². The number of nitro groups is 1. The minimum absolute atomic E-state index is 0.0275. The molecule has 0 fully saturated rings. The van der Waals surface area contributed by atoms with Crippen LogP contribution < -0.4 is 5.32 Å². The number of hydrogen-bond acceptors (Lipinski definition) is 4. The lowest BCUT2D eigenvalue weighted by atomic mass is 10.1. The molecule has 112 valence electrons. The number of nitrogens with zero attached hydrogens (tertiary/aromatic N) is 3. The second kappa shape index (κ2) is 5.55. The van der Waals surface area contributed by atoms with Crippen LogP contribution >= 0.6 is 0 Å². The summed E-state index contributed by atoms with van der Waals surface area (Å²) in [5.41, 5.74) is 4.62. The molecule has 6 nitrogen and oxygen atoms in total. The van der Waals surface area contributed by atoms with Crippen LogP contribution in [0, 0.1) is 30.9 Å². The van der Waals surface area contributed by atoms with Gasteiger partial charge in [-0.25, -0.2) is 0 Å². The molecule has 1 atom stereocenters. The first-order chi connectivity index (χ1) is 9.79. The van der Waals surface area contributed by atoms with E-state index in [9.17, 15) is 10.1 Å². The summed E-state index contributed by atoms with van der Waals surface area (Å²) in [5.74, 6) is 0. The first-order valence-corrected chi connectivity index (χ1v) is 6.82. The van der Waals surface area contributed by atoms with Gasteiger partial charge >= 0.3 is 0 Å². The zero-order chi connectivity index (χ0) is 15.7. The molecule has 1 aromatic carbocycles. The fourth-order valence-electron chi connectivity index (χ4n) is 2.55. The van der Waals surface area contributed by atoms with Crippen LogP contribution in [-0.2, 0) is 7.05 Å². The average molecular weight is 288 g/mol. The summed E-state index contributed by atoms with van der Waals surface area (Å²) >= 11 is 0. The highest BCUT2D eigenvalue weighted by molar-refractivity contribution is 5.60. The molecule has 0 saturated heterocycles. The van der Waals surface area contributed by atoms with Crippen LogP contribution in [0.4, 0.5) is 11.4 Å². The number of hydrogen-bond donors (Lipinski definition) is 1. The van der Waals surface area contributed by atoms with Crippen LogP contribution in [0.3, 0.4) is 0 Å². The summed E-state index contributed by atoms with van der Waals surface area (Å²) in [5, 5.41) is 18.7. The van der Waals surface area contributed by atoms with Gasteiger partial charge in [0, 0.05) is 36.1 Å². The maximum atomic E-state index is 11.1. The van der Waals surface area contributed by atoms with Crippen LogP contribution in [-0.4, -0.2) is 14.7 Å². The Hall–Kier alpha value is -2.37. The van der Waals surface area contributed by atoms with Crippen molar-refractivity contribution in [2.75, 3.05) is 5.32 Å². The van der Waals surface area contributed by atoms with E-state index in [0.717, 1.165) is 22.5 Å². The number of aryl methyl sites for hydroxylation is 4. The van der Waals surface area contributed by atoms with Crippen molar-refractivity contribution in [1.82, 2.24) is 9.78 Å². The molecule has 6 heteroatoms. The number of aromatic nitrogens is 2. The lowest BCUT2D eigenvalue weighted by molar-refractivity contribution is -0.385. The minimum atomic E-state index is -0.347. The molecule has 0 amide bonds. The third kappa shape index (κ3) is 3.04. The van der Waals surface area contributed by atoms with Crippen LogP contribution in [0.1, 0.15) is 35.3 Å². The Morgan fingerprint density at radius 1 is 1.29 bits per heavy atom. The molecule has 0 saturated carbocycles. The zero-order valence-corrected chi connectivity index (χ0v) is 13.0. The molecule has 1 aromatic heterocycles. The Morgan fingerprint density at radius 3 is 2.48 bits per heavy atom. The molecule has 2 aromatic rings. The first kappa shape index (κ1) is 15.0. The molecule has 1 N–H and O–H groups in total. The predicted octanol–water partition coefficient (Wildman–Crippen LogP) is 3.43. The van der Waals surface area contributed by atoms with Crippen molar-refractivity contribution in [3.8, 4) is 0 Å². The van der Waals surface area contributed by atoms with E-state index >= 15 is 0 Å². The van der Waals surface area contributed by atoms with Crippen LogP contribution in [0.15, 0.2) is 18.3 Å². The van der Waals surface area contributed by atoms with Crippen molar-refractivity contribution in [3.05, 3.63) is 50.8 Å². The second-order valence-corrected chi connectivity index (χ2v) is 5.42. The highest BCUT2D eigenvalue weighted by Gasteiger charge is 2.17. The molecule has 1 heterocycles. The maximum absolute atomic E-state index is 11.1. The SMILES string of the molecule is Cc1cc(C)c([N+](=O)[O-])cc1NC(C)c1cn(C)nc1C. The average Bonchev–Trinajstić information content (AvgIpc) is 2.71. The van der Waals surface area contributed by atoms with E-state index in [1.165, 1.54) is 0 Å². The predicted molar refractivity (Wildman–Crippen MR) is 82.6 cm³/mol. The third-order valence-corrected chi connectivity index (χ3v) is 3.63. The number of nitro benzene ring substituents is 1. The highest BCUT2D eigenvalue weighted by Crippen LogP contribution is 2.29. The van der Waals surface area contributed by atoms with E-state index in [4.69, 9.17) is 0 Å². The highest BCUT2D eigenvalue weighted by atomic mass is 16.6. The summed E-state index contributed by atoms with van der Waals surface area (Å²) in [6.45, 7) is 7.68. The Balaban J connectivity index is 2.33.